The summed E-state index contributed by atoms with van der Waals surface area (Å²) < 4.78 is 19.9. The Kier molecular flexibility index (Phi) is 5.37. The number of carbonyl (C=O) groups is 2. The molecule has 1 saturated carbocycles. The van der Waals surface area contributed by atoms with E-state index in [0.29, 0.717) is 17.3 Å². The molecule has 1 aliphatic carbocycles. The van der Waals surface area contributed by atoms with E-state index < -0.39 is 24.3 Å². The van der Waals surface area contributed by atoms with E-state index in [1.165, 1.54) is 18.2 Å². The van der Waals surface area contributed by atoms with Gasteiger partial charge in [0.25, 0.3) is 5.91 Å². The first-order valence-electron chi connectivity index (χ1n) is 9.44. The fourth-order valence-electron chi connectivity index (χ4n) is 3.02. The monoisotopic (exact) mass is 393 g/mol. The highest BCUT2D eigenvalue weighted by atomic mass is 19.1. The molecule has 4 rings (SSSR count). The van der Waals surface area contributed by atoms with Gasteiger partial charge in [0.1, 0.15) is 11.6 Å². The molecule has 1 aliphatic rings. The molecule has 0 unspecified atom stereocenters. The summed E-state index contributed by atoms with van der Waals surface area (Å²) in [5, 5.41) is 7.38. The van der Waals surface area contributed by atoms with Gasteiger partial charge in [-0.15, -0.1) is 0 Å². The number of nitrogens with one attached hydrogen (secondary N) is 1. The lowest BCUT2D eigenvalue weighted by Gasteiger charge is -2.09. The molecule has 1 heterocycles. The van der Waals surface area contributed by atoms with Crippen LogP contribution in [0.5, 0.6) is 0 Å². The van der Waals surface area contributed by atoms with Crippen LogP contribution in [-0.4, -0.2) is 28.3 Å². The lowest BCUT2D eigenvalue weighted by Crippen LogP contribution is -2.23. The number of hydrogen-bond donors (Lipinski definition) is 1. The van der Waals surface area contributed by atoms with Gasteiger partial charge in [0.05, 0.1) is 17.8 Å². The molecule has 1 fully saturated rings. The Hall–Kier alpha value is -3.48. The molecule has 6 nitrogen and oxygen atoms in total. The number of benzene rings is 2. The highest BCUT2D eigenvalue weighted by molar-refractivity contribution is 5.92. The fraction of sp³-hybridized carbons (Fsp3) is 0.227. The number of ether oxygens (including phenoxy) is 1. The van der Waals surface area contributed by atoms with Crippen LogP contribution in [0.1, 0.15) is 30.0 Å². The molecule has 148 valence electrons. The second-order valence-electron chi connectivity index (χ2n) is 6.99. The number of para-hydroxylation sites is 1. The molecule has 3 aromatic rings. The highest BCUT2D eigenvalue weighted by Crippen LogP contribution is 2.40. The van der Waals surface area contributed by atoms with Gasteiger partial charge in [0.2, 0.25) is 0 Å². The summed E-state index contributed by atoms with van der Waals surface area (Å²) in [6.07, 6.45) is 2.09. The molecular formula is C22H20FN3O3. The number of carbonyl (C=O) groups excluding carboxylic acids is 2. The van der Waals surface area contributed by atoms with E-state index in [4.69, 9.17) is 4.74 Å². The van der Waals surface area contributed by atoms with E-state index in [0.717, 1.165) is 24.2 Å². The smallest absolute Gasteiger partial charge is 0.310 e. The van der Waals surface area contributed by atoms with Crippen molar-refractivity contribution in [3.63, 3.8) is 0 Å². The molecule has 0 atom stereocenters. The van der Waals surface area contributed by atoms with Gasteiger partial charge in [-0.25, -0.2) is 9.07 Å². The molecule has 0 spiro atoms. The summed E-state index contributed by atoms with van der Waals surface area (Å²) in [6, 6.07) is 17.1. The molecule has 0 aliphatic heterocycles. The Balaban J connectivity index is 1.38. The number of anilines is 1. The van der Waals surface area contributed by atoms with Crippen molar-refractivity contribution >= 4 is 17.7 Å². The normalized spacial score (nSPS) is 13.1. The number of aromatic nitrogens is 2. The summed E-state index contributed by atoms with van der Waals surface area (Å²) in [4.78, 5) is 24.2. The van der Waals surface area contributed by atoms with E-state index in [1.54, 1.807) is 10.7 Å². The van der Waals surface area contributed by atoms with Crippen LogP contribution in [0.25, 0.3) is 5.69 Å². The molecule has 0 radical (unpaired) electrons. The zero-order valence-electron chi connectivity index (χ0n) is 15.7. The zero-order valence-corrected chi connectivity index (χ0v) is 15.7. The van der Waals surface area contributed by atoms with E-state index >= 15 is 0 Å². The average Bonchev–Trinajstić information content (AvgIpc) is 3.48. The van der Waals surface area contributed by atoms with Gasteiger partial charge in [-0.1, -0.05) is 30.3 Å². The van der Waals surface area contributed by atoms with Crippen LogP contribution in [0.3, 0.4) is 0 Å². The summed E-state index contributed by atoms with van der Waals surface area (Å²) in [5.74, 6) is -0.518. The molecule has 7 heteroatoms. The van der Waals surface area contributed by atoms with Crippen molar-refractivity contribution in [1.29, 1.82) is 0 Å². The Morgan fingerprint density at radius 2 is 1.90 bits per heavy atom. The van der Waals surface area contributed by atoms with Gasteiger partial charge in [0, 0.05) is 12.0 Å². The van der Waals surface area contributed by atoms with Crippen molar-refractivity contribution in [3.05, 3.63) is 77.7 Å². The molecular weight excluding hydrogens is 373 g/mol. The molecule has 2 aromatic carbocycles. The Bertz CT molecular complexity index is 1030. The topological polar surface area (TPSA) is 73.2 Å². The maximum absolute atomic E-state index is 13.2. The zero-order chi connectivity index (χ0) is 20.2. The molecule has 29 heavy (non-hydrogen) atoms. The van der Waals surface area contributed by atoms with E-state index in [2.05, 4.69) is 10.4 Å². The van der Waals surface area contributed by atoms with Gasteiger partial charge in [-0.05, 0) is 42.7 Å². The minimum Gasteiger partial charge on any atom is -0.455 e. The minimum atomic E-state index is -0.596. The van der Waals surface area contributed by atoms with Crippen LogP contribution < -0.4 is 5.32 Å². The maximum atomic E-state index is 13.2. The third kappa shape index (κ3) is 4.87. The molecule has 0 saturated heterocycles. The second-order valence-corrected chi connectivity index (χ2v) is 6.99. The van der Waals surface area contributed by atoms with Crippen molar-refractivity contribution in [1.82, 2.24) is 9.78 Å². The number of esters is 1. The molecule has 1 amide bonds. The Morgan fingerprint density at radius 3 is 2.62 bits per heavy atom. The van der Waals surface area contributed by atoms with Crippen molar-refractivity contribution in [2.24, 2.45) is 0 Å². The van der Waals surface area contributed by atoms with Crippen LogP contribution in [0.4, 0.5) is 10.2 Å². The lowest BCUT2D eigenvalue weighted by atomic mass is 10.1. The largest absolute Gasteiger partial charge is 0.455 e. The summed E-state index contributed by atoms with van der Waals surface area (Å²) in [7, 11) is 0. The summed E-state index contributed by atoms with van der Waals surface area (Å²) in [5.41, 5.74) is 2.26. The van der Waals surface area contributed by atoms with Gasteiger partial charge in [-0.3, -0.25) is 9.59 Å². The predicted molar refractivity (Wildman–Crippen MR) is 105 cm³/mol. The number of halogens is 1. The molecule has 0 bridgehead atoms. The quantitative estimate of drug-likeness (QED) is 0.623. The van der Waals surface area contributed by atoms with Crippen LogP contribution >= 0.6 is 0 Å². The number of rotatable bonds is 7. The second kappa shape index (κ2) is 8.26. The van der Waals surface area contributed by atoms with Crippen molar-refractivity contribution in [2.45, 2.75) is 25.2 Å². The van der Waals surface area contributed by atoms with E-state index in [9.17, 15) is 14.0 Å². The highest BCUT2D eigenvalue weighted by Gasteiger charge is 2.28. The van der Waals surface area contributed by atoms with E-state index in [-0.39, 0.29) is 6.42 Å². The summed E-state index contributed by atoms with van der Waals surface area (Å²) in [6.45, 7) is -0.424. The molecule has 1 N–H and O–H groups in total. The van der Waals surface area contributed by atoms with Crippen molar-refractivity contribution in [3.8, 4) is 5.69 Å². The predicted octanol–water partition coefficient (Wildman–Crippen LogP) is 3.61. The minimum absolute atomic E-state index is 0.0984. The number of hydrogen-bond acceptors (Lipinski definition) is 4. The standard InChI is InChI=1S/C22H20FN3O3/c23-17-6-4-5-15(11-17)12-22(28)29-14-21(27)24-20-13-19(16-9-10-16)25-26(20)18-7-2-1-3-8-18/h1-8,11,13,16H,9-10,12,14H2,(H,24,27). The average molecular weight is 393 g/mol. The Morgan fingerprint density at radius 1 is 1.10 bits per heavy atom. The lowest BCUT2D eigenvalue weighted by molar-refractivity contribution is -0.146. The number of nitrogens with zero attached hydrogens (tertiary/aromatic N) is 2. The third-order valence-electron chi connectivity index (χ3n) is 4.59. The molecule has 1 aromatic heterocycles. The number of amides is 1. The van der Waals surface area contributed by atoms with Crippen LogP contribution in [0.15, 0.2) is 60.7 Å². The van der Waals surface area contributed by atoms with Crippen LogP contribution in [0.2, 0.25) is 0 Å². The first-order valence-corrected chi connectivity index (χ1v) is 9.44. The summed E-state index contributed by atoms with van der Waals surface area (Å²) >= 11 is 0. The van der Waals surface area contributed by atoms with Crippen molar-refractivity contribution < 1.29 is 18.7 Å². The van der Waals surface area contributed by atoms with E-state index in [1.807, 2.05) is 36.4 Å². The van der Waals surface area contributed by atoms with Gasteiger partial charge < -0.3 is 10.1 Å². The van der Waals surface area contributed by atoms with Crippen LogP contribution in [-0.2, 0) is 20.7 Å². The SMILES string of the molecule is O=C(COC(=O)Cc1cccc(F)c1)Nc1cc(C2CC2)nn1-c1ccccc1. The third-order valence-corrected chi connectivity index (χ3v) is 4.59. The first-order chi connectivity index (χ1) is 14.1. The Labute approximate surface area is 167 Å². The fourth-order valence-corrected chi connectivity index (χ4v) is 3.02. The first kappa shape index (κ1) is 18.9. The van der Waals surface area contributed by atoms with Gasteiger partial charge >= 0.3 is 5.97 Å². The van der Waals surface area contributed by atoms with Crippen LogP contribution in [0, 0.1) is 5.82 Å². The maximum Gasteiger partial charge on any atom is 0.310 e. The van der Waals surface area contributed by atoms with Gasteiger partial charge in [0.15, 0.2) is 6.61 Å². The van der Waals surface area contributed by atoms with Crippen molar-refractivity contribution in [2.75, 3.05) is 11.9 Å². The van der Waals surface area contributed by atoms with Gasteiger partial charge in [-0.2, -0.15) is 5.10 Å².